The Hall–Kier alpha value is -2.64. The normalized spacial score (nSPS) is 20.5. The number of benzene rings is 4. The van der Waals surface area contributed by atoms with E-state index < -0.39 is 76.9 Å². The van der Waals surface area contributed by atoms with E-state index in [9.17, 15) is 0 Å². The van der Waals surface area contributed by atoms with Crippen LogP contribution >= 0.6 is 0 Å². The van der Waals surface area contributed by atoms with Crippen LogP contribution in [0.2, 0.25) is 69.8 Å². The third kappa shape index (κ3) is 12.1. The summed E-state index contributed by atoms with van der Waals surface area (Å²) in [5.41, 5.74) is 12.5. The number of hydrogen-bond acceptors (Lipinski definition) is 0. The monoisotopic (exact) mass is 1260 g/mol. The molecule has 6 aliphatic carbocycles. The average molecular weight is 1260 g/mol. The van der Waals surface area contributed by atoms with Crippen molar-refractivity contribution in [2.45, 2.75) is 148 Å². The second kappa shape index (κ2) is 24.4. The van der Waals surface area contributed by atoms with E-state index in [-0.39, 0.29) is 0 Å². The molecule has 0 nitrogen and oxygen atoms in total. The quantitative estimate of drug-likeness (QED) is 0.0529. The van der Waals surface area contributed by atoms with Crippen molar-refractivity contribution in [2.75, 3.05) is 0 Å². The van der Waals surface area contributed by atoms with Gasteiger partial charge in [-0.2, -0.15) is 0 Å². The third-order valence-electron chi connectivity index (χ3n) is 18.6. The van der Waals surface area contributed by atoms with Crippen LogP contribution in [0, 0.1) is 0 Å². The van der Waals surface area contributed by atoms with Crippen LogP contribution in [0.1, 0.15) is 100 Å². The first kappa shape index (κ1) is 58.5. The van der Waals surface area contributed by atoms with Gasteiger partial charge in [-0.15, -0.1) is 0 Å². The molecular formula is C70H92Si2Zr3. The van der Waals surface area contributed by atoms with E-state index in [1.807, 2.05) is 18.7 Å². The van der Waals surface area contributed by atoms with Crippen molar-refractivity contribution in [3.8, 4) is 11.1 Å². The number of unbranched alkanes of at least 4 members (excludes halogenated alkanes) is 4. The Labute approximate surface area is 472 Å². The topological polar surface area (TPSA) is 0 Å². The molecule has 4 aromatic carbocycles. The minimum absolute atomic E-state index is 0.322. The molecule has 0 aliphatic heterocycles. The molecule has 0 saturated heterocycles. The molecular weight excluding hydrogens is 1170 g/mol. The van der Waals surface area contributed by atoms with Gasteiger partial charge in [0.1, 0.15) is 0 Å². The predicted octanol–water partition coefficient (Wildman–Crippen LogP) is 22.6. The van der Waals surface area contributed by atoms with Gasteiger partial charge < -0.3 is 0 Å². The van der Waals surface area contributed by atoms with Gasteiger partial charge >= 0.3 is 478 Å². The van der Waals surface area contributed by atoms with Gasteiger partial charge in [-0.05, 0) is 0 Å². The van der Waals surface area contributed by atoms with Gasteiger partial charge in [-0.3, -0.25) is 0 Å². The van der Waals surface area contributed by atoms with Crippen LogP contribution in [0.25, 0.3) is 28.0 Å². The van der Waals surface area contributed by atoms with Crippen molar-refractivity contribution >= 4 is 33.0 Å². The number of allylic oxidation sites excluding steroid dienone is 19. The van der Waals surface area contributed by atoms with Crippen LogP contribution in [-0.4, -0.2) is 16.1 Å². The Morgan fingerprint density at radius 3 is 1.95 bits per heavy atom. The van der Waals surface area contributed by atoms with Crippen LogP contribution in [0.15, 0.2) is 203 Å². The van der Waals surface area contributed by atoms with E-state index in [0.29, 0.717) is 10.00 Å². The summed E-state index contributed by atoms with van der Waals surface area (Å²) in [6.07, 6.45) is 47.5. The first-order valence-electron chi connectivity index (χ1n) is 28.9. The molecule has 4 aromatic rings. The summed E-state index contributed by atoms with van der Waals surface area (Å²) < 4.78 is 23.1. The van der Waals surface area contributed by atoms with Gasteiger partial charge in [0.15, 0.2) is 0 Å². The molecule has 0 spiro atoms. The number of fused-ring (bicyclic) bond motifs is 6. The van der Waals surface area contributed by atoms with Crippen molar-refractivity contribution in [2.24, 2.45) is 0 Å². The molecule has 0 aromatic heterocycles. The molecule has 6 aliphatic rings. The van der Waals surface area contributed by atoms with E-state index in [1.54, 1.807) is 36.3 Å². The van der Waals surface area contributed by atoms with E-state index >= 15 is 0 Å². The van der Waals surface area contributed by atoms with E-state index in [0.717, 1.165) is 6.42 Å². The summed E-state index contributed by atoms with van der Waals surface area (Å²) in [7, 11) is -2.90. The number of hydrogen-bond donors (Lipinski definition) is 0. The van der Waals surface area contributed by atoms with Gasteiger partial charge in [0.2, 0.25) is 0 Å². The Morgan fingerprint density at radius 2 is 1.27 bits per heavy atom. The molecule has 0 radical (unpaired) electrons. The molecule has 0 bridgehead atoms. The summed E-state index contributed by atoms with van der Waals surface area (Å²) in [5, 5.41) is 4.47. The van der Waals surface area contributed by atoms with Crippen molar-refractivity contribution in [3.63, 3.8) is 0 Å². The Balaban J connectivity index is 0.000000156. The number of rotatable bonds is 18. The van der Waals surface area contributed by atoms with Crippen molar-refractivity contribution < 1.29 is 60.8 Å². The molecule has 0 fully saturated rings. The minimum atomic E-state index is -2.92. The van der Waals surface area contributed by atoms with E-state index in [2.05, 4.69) is 238 Å². The molecule has 10 rings (SSSR count). The van der Waals surface area contributed by atoms with Crippen LogP contribution < -0.4 is 0 Å². The first-order chi connectivity index (χ1) is 35.7. The van der Waals surface area contributed by atoms with Crippen LogP contribution in [0.4, 0.5) is 0 Å². The Morgan fingerprint density at radius 1 is 0.613 bits per heavy atom. The SMILES string of the molecule is C=CCCC1=[C]([Zr]([CH3])([CH3])[CH]2C=Cc3ccccc32)CC=C1.C=CCCCCCCC1=[C]([Zr]([CH3])([CH3])[C]2=CC=CC2)CC=C1.C[Si](C)(C)C1=C[C]([Si](C)(C)C)([Zr]([CH3])([CH3])[CH]2c3ccccc3-c3c2ccc2ccccc32)C=C1. The summed E-state index contributed by atoms with van der Waals surface area (Å²) >= 11 is -7.48. The standard InChI is InChI=1S/C17H11.C13H19.C11H21Si2.C9H7.C9H11.C5H5.6CH3.3Zr/c1-3-7-15-12(5-1)9-10-14-11-13-6-2-4-8-16(13)17(14)15;1-2-3-4-5-6-7-10-13-11-8-9-12-13;1-12(2,3)10-7-8-11(9-10)13(4,5)6;1-2-5-9-7-3-6-8(9)4-1;1-2-3-6-9-7-4-5-8-9;1-2-4-5-3-1;;;;;;;;;/h1-11H;2,8,11H,1,3-7,9-10H2;7-9H,1-6H3;1-7H;2,4,7H,1,3,5-6H2;1-3H,4H2;6*1H3;;;. The van der Waals surface area contributed by atoms with E-state index in [4.69, 9.17) is 0 Å². The maximum absolute atomic E-state index is 3.88. The molecule has 3 atom stereocenters. The fourth-order valence-electron chi connectivity index (χ4n) is 14.1. The molecule has 0 saturated carbocycles. The Kier molecular flexibility index (Phi) is 19.0. The summed E-state index contributed by atoms with van der Waals surface area (Å²) in [5.74, 6) is 0. The van der Waals surface area contributed by atoms with Crippen molar-refractivity contribution in [3.05, 3.63) is 226 Å². The Bertz CT molecular complexity index is 3070. The molecule has 392 valence electrons. The molecule has 0 heterocycles. The van der Waals surface area contributed by atoms with Gasteiger partial charge in [0, 0.05) is 0 Å². The fraction of sp³-hybridized carbons (Fsp3) is 0.371. The molecule has 75 heavy (non-hydrogen) atoms. The first-order valence-corrected chi connectivity index (χ1v) is 58.4. The maximum atomic E-state index is 3.88. The summed E-state index contributed by atoms with van der Waals surface area (Å²) in [6.45, 7) is 23.1. The zero-order valence-corrected chi connectivity index (χ0v) is 57.9. The zero-order valence-electron chi connectivity index (χ0n) is 48.5. The second-order valence-electron chi connectivity index (χ2n) is 26.2. The van der Waals surface area contributed by atoms with Crippen LogP contribution in [0.5, 0.6) is 0 Å². The fourth-order valence-corrected chi connectivity index (χ4v) is 59.7. The average Bonchev–Trinajstić information content (AvgIpc) is 4.24. The summed E-state index contributed by atoms with van der Waals surface area (Å²) in [6, 6.07) is 32.1. The molecule has 3 unspecified atom stereocenters. The van der Waals surface area contributed by atoms with Gasteiger partial charge in [0.25, 0.3) is 0 Å². The van der Waals surface area contributed by atoms with Crippen molar-refractivity contribution in [1.29, 1.82) is 0 Å². The van der Waals surface area contributed by atoms with Crippen molar-refractivity contribution in [1.82, 2.24) is 0 Å². The van der Waals surface area contributed by atoms with E-state index in [1.165, 1.54) is 91.7 Å². The second-order valence-corrected chi connectivity index (χ2v) is 72.3. The predicted molar refractivity (Wildman–Crippen MR) is 332 cm³/mol. The molecule has 0 N–H and O–H groups in total. The van der Waals surface area contributed by atoms with Gasteiger partial charge in [-0.25, -0.2) is 0 Å². The van der Waals surface area contributed by atoms with Gasteiger partial charge in [0.05, 0.1) is 0 Å². The molecule has 0 amide bonds. The summed E-state index contributed by atoms with van der Waals surface area (Å²) in [4.78, 5) is 0. The zero-order chi connectivity index (χ0) is 53.8. The third-order valence-corrected chi connectivity index (χ3v) is 63.9. The van der Waals surface area contributed by atoms with Crippen LogP contribution in [-0.2, 0) is 60.8 Å². The molecule has 5 heteroatoms. The van der Waals surface area contributed by atoms with Gasteiger partial charge in [-0.1, -0.05) is 0 Å². The van der Waals surface area contributed by atoms with Crippen LogP contribution in [0.3, 0.4) is 0 Å².